The summed E-state index contributed by atoms with van der Waals surface area (Å²) in [6, 6.07) is 7.57. The van der Waals surface area contributed by atoms with Gasteiger partial charge in [-0.15, -0.1) is 0 Å². The molecule has 6 nitrogen and oxygen atoms in total. The number of nitrogens with zero attached hydrogens (tertiary/aromatic N) is 3. The first kappa shape index (κ1) is 17.4. The number of rotatable bonds is 3. The largest absolute Gasteiger partial charge is 0.372 e. The molecule has 0 bridgehead atoms. The number of methoxy groups -OCH3 is 1. The molecule has 2 aliphatic heterocycles. The summed E-state index contributed by atoms with van der Waals surface area (Å²) in [7, 11) is 1.54. The molecule has 0 N–H and O–H groups in total. The molecule has 0 aliphatic carbocycles. The second-order valence-corrected chi connectivity index (χ2v) is 6.58. The average molecular weight is 341 g/mol. The predicted molar refractivity (Wildman–Crippen MR) is 93.1 cm³/mol. The maximum atomic E-state index is 12.9. The minimum atomic E-state index is -0.442. The number of fused-ring (bicyclic) bond motifs is 1. The van der Waals surface area contributed by atoms with Crippen LogP contribution in [0.25, 0.3) is 0 Å². The highest BCUT2D eigenvalue weighted by Gasteiger charge is 2.30. The second-order valence-electron chi connectivity index (χ2n) is 6.58. The van der Waals surface area contributed by atoms with E-state index in [4.69, 9.17) is 10.00 Å². The number of nitriles is 1. The van der Waals surface area contributed by atoms with E-state index in [1.54, 1.807) is 23.0 Å². The highest BCUT2D eigenvalue weighted by atomic mass is 16.5. The standard InChI is InChI=1S/C19H23N3O3/c1-25-17-6-2-3-9-21(19(17)24)13-18(23)22-10-4-5-15-11-14(12-20)7-8-16(15)22/h7-8,11,17H,2-6,9-10,13H2,1H3. The lowest BCUT2D eigenvalue weighted by atomic mass is 9.99. The van der Waals surface area contributed by atoms with Crippen LogP contribution in [0.4, 0.5) is 5.69 Å². The van der Waals surface area contributed by atoms with E-state index < -0.39 is 6.10 Å². The number of hydrogen-bond donors (Lipinski definition) is 0. The number of benzene rings is 1. The fraction of sp³-hybridized carbons (Fsp3) is 0.526. The SMILES string of the molecule is COC1CCCCN(CC(=O)N2CCCc3cc(C#N)ccc32)C1=O. The lowest BCUT2D eigenvalue weighted by Crippen LogP contribution is -2.47. The van der Waals surface area contributed by atoms with Gasteiger partial charge in [-0.05, 0) is 55.9 Å². The van der Waals surface area contributed by atoms with Crippen molar-refractivity contribution in [3.8, 4) is 6.07 Å². The zero-order valence-electron chi connectivity index (χ0n) is 14.5. The van der Waals surface area contributed by atoms with Crippen LogP contribution in [0.1, 0.15) is 36.8 Å². The van der Waals surface area contributed by atoms with Crippen LogP contribution >= 0.6 is 0 Å². The molecule has 2 heterocycles. The van der Waals surface area contributed by atoms with Crippen LogP contribution in [0.3, 0.4) is 0 Å². The van der Waals surface area contributed by atoms with Crippen molar-refractivity contribution in [1.29, 1.82) is 5.26 Å². The Hall–Kier alpha value is -2.39. The van der Waals surface area contributed by atoms with Gasteiger partial charge in [0.05, 0.1) is 11.6 Å². The van der Waals surface area contributed by atoms with Gasteiger partial charge < -0.3 is 14.5 Å². The van der Waals surface area contributed by atoms with Gasteiger partial charge >= 0.3 is 0 Å². The van der Waals surface area contributed by atoms with Gasteiger partial charge in [0.1, 0.15) is 12.6 Å². The predicted octanol–water partition coefficient (Wildman–Crippen LogP) is 1.86. The van der Waals surface area contributed by atoms with Crippen LogP contribution < -0.4 is 4.90 Å². The molecule has 1 atom stereocenters. The molecule has 1 fully saturated rings. The van der Waals surface area contributed by atoms with Gasteiger partial charge in [-0.2, -0.15) is 5.26 Å². The van der Waals surface area contributed by atoms with Crippen molar-refractivity contribution < 1.29 is 14.3 Å². The quantitative estimate of drug-likeness (QED) is 0.841. The van der Waals surface area contributed by atoms with E-state index >= 15 is 0 Å². The highest BCUT2D eigenvalue weighted by molar-refractivity contribution is 5.98. The summed E-state index contributed by atoms with van der Waals surface area (Å²) >= 11 is 0. The molecular weight excluding hydrogens is 318 g/mol. The fourth-order valence-electron chi connectivity index (χ4n) is 3.62. The third-order valence-corrected chi connectivity index (χ3v) is 4.97. The van der Waals surface area contributed by atoms with E-state index in [1.165, 1.54) is 0 Å². The number of anilines is 1. The van der Waals surface area contributed by atoms with Gasteiger partial charge in [-0.1, -0.05) is 0 Å². The molecule has 1 unspecified atom stereocenters. The number of carbonyl (C=O) groups is 2. The van der Waals surface area contributed by atoms with Crippen LogP contribution in [-0.4, -0.2) is 49.6 Å². The average Bonchev–Trinajstić information content (AvgIpc) is 2.82. The highest BCUT2D eigenvalue weighted by Crippen LogP contribution is 2.28. The molecule has 0 spiro atoms. The maximum Gasteiger partial charge on any atom is 0.252 e. The first-order valence-corrected chi connectivity index (χ1v) is 8.79. The molecule has 2 aliphatic rings. The molecule has 3 rings (SSSR count). The Morgan fingerprint density at radius 3 is 2.92 bits per heavy atom. The Morgan fingerprint density at radius 2 is 2.16 bits per heavy atom. The van der Waals surface area contributed by atoms with Crippen LogP contribution in [-0.2, 0) is 20.7 Å². The summed E-state index contributed by atoms with van der Waals surface area (Å²) in [5.41, 5.74) is 2.50. The van der Waals surface area contributed by atoms with Crippen molar-refractivity contribution in [2.45, 2.75) is 38.2 Å². The summed E-state index contributed by atoms with van der Waals surface area (Å²) in [6.45, 7) is 1.32. The smallest absolute Gasteiger partial charge is 0.252 e. The van der Waals surface area contributed by atoms with Crippen LogP contribution in [0.2, 0.25) is 0 Å². The molecule has 1 aromatic carbocycles. The number of hydrogen-bond acceptors (Lipinski definition) is 4. The van der Waals surface area contributed by atoms with Gasteiger partial charge in [0.25, 0.3) is 5.91 Å². The first-order chi connectivity index (χ1) is 12.1. The lowest BCUT2D eigenvalue weighted by Gasteiger charge is -2.32. The van der Waals surface area contributed by atoms with Crippen molar-refractivity contribution in [3.05, 3.63) is 29.3 Å². The van der Waals surface area contributed by atoms with E-state index in [0.29, 0.717) is 25.1 Å². The van der Waals surface area contributed by atoms with Crippen LogP contribution in [0.5, 0.6) is 0 Å². The Morgan fingerprint density at radius 1 is 1.32 bits per heavy atom. The summed E-state index contributed by atoms with van der Waals surface area (Å²) in [4.78, 5) is 28.8. The van der Waals surface area contributed by atoms with Gasteiger partial charge in [0, 0.05) is 25.9 Å². The van der Waals surface area contributed by atoms with Crippen LogP contribution in [0, 0.1) is 11.3 Å². The molecule has 1 saturated heterocycles. The van der Waals surface area contributed by atoms with Crippen molar-refractivity contribution in [2.24, 2.45) is 0 Å². The summed E-state index contributed by atoms with van der Waals surface area (Å²) in [6.07, 6.45) is 3.82. The van der Waals surface area contributed by atoms with Crippen molar-refractivity contribution >= 4 is 17.5 Å². The Labute approximate surface area is 148 Å². The fourth-order valence-corrected chi connectivity index (χ4v) is 3.62. The second kappa shape index (κ2) is 7.66. The topological polar surface area (TPSA) is 73.6 Å². The van der Waals surface area contributed by atoms with E-state index in [0.717, 1.165) is 36.9 Å². The third-order valence-electron chi connectivity index (χ3n) is 4.97. The molecule has 6 heteroatoms. The van der Waals surface area contributed by atoms with E-state index in [1.807, 2.05) is 12.1 Å². The molecule has 25 heavy (non-hydrogen) atoms. The number of aryl methyl sites for hydroxylation is 1. The van der Waals surface area contributed by atoms with E-state index in [9.17, 15) is 9.59 Å². The Balaban J connectivity index is 1.76. The van der Waals surface area contributed by atoms with Crippen molar-refractivity contribution in [1.82, 2.24) is 4.90 Å². The van der Waals surface area contributed by atoms with Crippen molar-refractivity contribution in [2.75, 3.05) is 31.6 Å². The Kier molecular flexibility index (Phi) is 5.34. The molecule has 0 saturated carbocycles. The molecular formula is C19H23N3O3. The first-order valence-electron chi connectivity index (χ1n) is 8.79. The monoisotopic (exact) mass is 341 g/mol. The minimum absolute atomic E-state index is 0.0734. The minimum Gasteiger partial charge on any atom is -0.372 e. The normalized spacial score (nSPS) is 20.6. The van der Waals surface area contributed by atoms with Gasteiger partial charge in [0.15, 0.2) is 0 Å². The zero-order chi connectivity index (χ0) is 17.8. The number of amides is 2. The summed E-state index contributed by atoms with van der Waals surface area (Å²) in [5, 5.41) is 9.05. The zero-order valence-corrected chi connectivity index (χ0v) is 14.5. The van der Waals surface area contributed by atoms with Gasteiger partial charge in [0.2, 0.25) is 5.91 Å². The molecule has 1 aromatic rings. The molecule has 132 valence electrons. The third kappa shape index (κ3) is 3.67. The molecule has 0 radical (unpaired) electrons. The van der Waals surface area contributed by atoms with Gasteiger partial charge in [-0.25, -0.2) is 0 Å². The number of carbonyl (C=O) groups excluding carboxylic acids is 2. The molecule has 0 aromatic heterocycles. The number of likely N-dealkylation sites (tertiary alicyclic amines) is 1. The van der Waals surface area contributed by atoms with E-state index in [2.05, 4.69) is 6.07 Å². The van der Waals surface area contributed by atoms with Gasteiger partial charge in [-0.3, -0.25) is 9.59 Å². The number of ether oxygens (including phenoxy) is 1. The summed E-state index contributed by atoms with van der Waals surface area (Å²) in [5.74, 6) is -0.166. The van der Waals surface area contributed by atoms with Crippen LogP contribution in [0.15, 0.2) is 18.2 Å². The Bertz CT molecular complexity index is 710. The maximum absolute atomic E-state index is 12.9. The van der Waals surface area contributed by atoms with Crippen molar-refractivity contribution in [3.63, 3.8) is 0 Å². The van der Waals surface area contributed by atoms with E-state index in [-0.39, 0.29) is 18.4 Å². The lowest BCUT2D eigenvalue weighted by molar-refractivity contribution is -0.143. The summed E-state index contributed by atoms with van der Waals surface area (Å²) < 4.78 is 5.28. The molecule has 2 amide bonds.